The molecule has 4 aromatic rings. The highest BCUT2D eigenvalue weighted by atomic mass is 16.6. The van der Waals surface area contributed by atoms with E-state index in [1.165, 1.54) is 16.3 Å². The van der Waals surface area contributed by atoms with Gasteiger partial charge in [-0.1, -0.05) is 18.2 Å². The fourth-order valence-corrected chi connectivity index (χ4v) is 3.09. The number of nitrogens with two attached hydrogens (primary N) is 1. The van der Waals surface area contributed by atoms with Gasteiger partial charge in [0.15, 0.2) is 11.0 Å². The Labute approximate surface area is 172 Å². The Kier molecular flexibility index (Phi) is 5.33. The predicted octanol–water partition coefficient (Wildman–Crippen LogP) is 1.82. The summed E-state index contributed by atoms with van der Waals surface area (Å²) in [5, 5.41) is 44.6. The zero-order valence-electron chi connectivity index (χ0n) is 15.9. The molecule has 0 amide bonds. The highest BCUT2D eigenvalue weighted by molar-refractivity contribution is 6.02. The zero-order valence-corrected chi connectivity index (χ0v) is 15.9. The molecule has 13 nitrogen and oxygen atoms in total. The summed E-state index contributed by atoms with van der Waals surface area (Å²) in [6, 6.07) is 13.3. The molecule has 1 aromatic heterocycles. The Hall–Kier alpha value is -4.81. The molecule has 0 atom stereocenters. The maximum absolute atomic E-state index is 11.1. The molecule has 0 bridgehead atoms. The van der Waals surface area contributed by atoms with Gasteiger partial charge in [0.1, 0.15) is 0 Å². The molecule has 3 aromatic carbocycles. The maximum atomic E-state index is 11.1. The number of nitro benzene ring substituents is 3. The summed E-state index contributed by atoms with van der Waals surface area (Å²) in [5.41, 5.74) is -1.04. The van der Waals surface area contributed by atoms with E-state index < -0.39 is 37.6 Å². The van der Waals surface area contributed by atoms with E-state index in [0.29, 0.717) is 12.1 Å². The number of non-ortho nitro benzene ring substituents is 1. The molecule has 0 radical (unpaired) electrons. The first-order valence-corrected chi connectivity index (χ1v) is 8.53. The van der Waals surface area contributed by atoms with Crippen LogP contribution in [0, 0.1) is 30.3 Å². The van der Waals surface area contributed by atoms with Crippen molar-refractivity contribution in [1.82, 2.24) is 4.68 Å². The third kappa shape index (κ3) is 3.87. The number of hydrogen-bond donors (Lipinski definition) is 1. The van der Waals surface area contributed by atoms with Crippen molar-refractivity contribution in [3.8, 4) is 5.75 Å². The van der Waals surface area contributed by atoms with E-state index in [0.717, 1.165) is 5.52 Å². The summed E-state index contributed by atoms with van der Waals surface area (Å²) in [6.07, 6.45) is 1.89. The third-order valence-electron chi connectivity index (χ3n) is 4.45. The lowest BCUT2D eigenvalue weighted by Crippen LogP contribution is -2.26. The smallest absolute Gasteiger partial charge is 0.283 e. The van der Waals surface area contributed by atoms with Crippen LogP contribution in [0.4, 0.5) is 17.1 Å². The molecule has 0 aliphatic carbocycles. The molecule has 2 N–H and O–H groups in total. The highest BCUT2D eigenvalue weighted by Gasteiger charge is 2.24. The summed E-state index contributed by atoms with van der Waals surface area (Å²) in [4.78, 5) is 27.5. The zero-order chi connectivity index (χ0) is 22.9. The Morgan fingerprint density at radius 1 is 0.903 bits per heavy atom. The van der Waals surface area contributed by atoms with Gasteiger partial charge in [-0.05, 0) is 23.6 Å². The standard InChI is InChI=1S/C12H12N3.C6H3N3O7/c1-14-8-15(13)11-7-6-9-4-2-3-5-10(9)12(11)14;10-6-4(8(13)14)1-3(7(11)12)2-5(6)9(15)16/h2-8H,13H2,1H3;1-2,10H/q+1;/p-1. The SMILES string of the molecule is C[n+]1cn(N)c2ccc3ccccc3c21.O=[N+]([O-])c1cc([N+](=O)[O-])c([O-])c([N+](=O)[O-])c1. The lowest BCUT2D eigenvalue weighted by molar-refractivity contribution is -0.644. The summed E-state index contributed by atoms with van der Waals surface area (Å²) < 4.78 is 3.71. The average Bonchev–Trinajstić information content (AvgIpc) is 3.02. The van der Waals surface area contributed by atoms with Crippen LogP contribution in [0.1, 0.15) is 0 Å². The van der Waals surface area contributed by atoms with Crippen molar-refractivity contribution in [2.24, 2.45) is 7.05 Å². The van der Waals surface area contributed by atoms with Crippen LogP contribution in [0.3, 0.4) is 0 Å². The van der Waals surface area contributed by atoms with Crippen LogP contribution < -0.4 is 15.5 Å². The molecule has 0 aliphatic heterocycles. The molecule has 31 heavy (non-hydrogen) atoms. The number of nitrogens with zero attached hydrogens (tertiary/aromatic N) is 5. The van der Waals surface area contributed by atoms with Crippen LogP contribution in [0.2, 0.25) is 0 Å². The normalized spacial score (nSPS) is 10.5. The maximum Gasteiger partial charge on any atom is 0.283 e. The number of hydrogen-bond acceptors (Lipinski definition) is 8. The van der Waals surface area contributed by atoms with E-state index in [2.05, 4.69) is 34.9 Å². The van der Waals surface area contributed by atoms with Gasteiger partial charge in [0.05, 0.1) is 39.7 Å². The molecule has 0 saturated heterocycles. The monoisotopic (exact) mass is 426 g/mol. The third-order valence-corrected chi connectivity index (χ3v) is 4.45. The topological polar surface area (TPSA) is 187 Å². The molecule has 0 aliphatic rings. The van der Waals surface area contributed by atoms with Crippen molar-refractivity contribution in [2.45, 2.75) is 0 Å². The minimum Gasteiger partial charge on any atom is -0.863 e. The molecule has 1 heterocycles. The van der Waals surface area contributed by atoms with Crippen molar-refractivity contribution in [2.75, 3.05) is 5.84 Å². The summed E-state index contributed by atoms with van der Waals surface area (Å²) >= 11 is 0. The predicted molar refractivity (Wildman–Crippen MR) is 107 cm³/mol. The minimum atomic E-state index is -1.46. The molecule has 0 unspecified atom stereocenters. The first-order chi connectivity index (χ1) is 14.6. The molecular formula is C18H14N6O7. The van der Waals surface area contributed by atoms with E-state index in [1.54, 1.807) is 4.68 Å². The Balaban J connectivity index is 0.000000176. The van der Waals surface area contributed by atoms with Gasteiger partial charge in [0, 0.05) is 5.39 Å². The molecule has 0 saturated carbocycles. The molecule has 0 fully saturated rings. The van der Waals surface area contributed by atoms with Gasteiger partial charge >= 0.3 is 0 Å². The van der Waals surface area contributed by atoms with Crippen LogP contribution in [0.15, 0.2) is 54.9 Å². The van der Waals surface area contributed by atoms with Gasteiger partial charge in [-0.3, -0.25) is 36.2 Å². The van der Waals surface area contributed by atoms with Gasteiger partial charge in [-0.25, -0.2) is 4.57 Å². The number of rotatable bonds is 3. The van der Waals surface area contributed by atoms with Gasteiger partial charge < -0.3 is 5.11 Å². The number of aryl methyl sites for hydroxylation is 1. The minimum absolute atomic E-state index is 0.384. The number of fused-ring (bicyclic) bond motifs is 3. The Morgan fingerprint density at radius 3 is 2.03 bits per heavy atom. The number of benzene rings is 3. The lowest BCUT2D eigenvalue weighted by atomic mass is 10.1. The van der Waals surface area contributed by atoms with Crippen LogP contribution in [-0.4, -0.2) is 19.4 Å². The van der Waals surface area contributed by atoms with Crippen molar-refractivity contribution in [3.05, 3.63) is 85.2 Å². The second-order valence-corrected chi connectivity index (χ2v) is 6.37. The number of nitrogen functional groups attached to an aromatic ring is 1. The number of imidazole rings is 1. The van der Waals surface area contributed by atoms with E-state index >= 15 is 0 Å². The fraction of sp³-hybridized carbons (Fsp3) is 0.0556. The van der Waals surface area contributed by atoms with Crippen LogP contribution in [0.25, 0.3) is 21.8 Å². The van der Waals surface area contributed by atoms with E-state index in [-0.39, 0.29) is 0 Å². The number of aromatic nitrogens is 2. The van der Waals surface area contributed by atoms with Crippen LogP contribution in [-0.2, 0) is 7.05 Å². The summed E-state index contributed by atoms with van der Waals surface area (Å²) in [5.74, 6) is 4.41. The van der Waals surface area contributed by atoms with Crippen molar-refractivity contribution >= 4 is 38.9 Å². The lowest BCUT2D eigenvalue weighted by Gasteiger charge is -2.06. The van der Waals surface area contributed by atoms with Gasteiger partial charge in [0.25, 0.3) is 23.4 Å². The fourth-order valence-electron chi connectivity index (χ4n) is 3.09. The quantitative estimate of drug-likeness (QED) is 0.222. The van der Waals surface area contributed by atoms with E-state index in [4.69, 9.17) is 5.84 Å². The van der Waals surface area contributed by atoms with Gasteiger partial charge in [-0.15, -0.1) is 4.68 Å². The van der Waals surface area contributed by atoms with E-state index in [9.17, 15) is 35.4 Å². The van der Waals surface area contributed by atoms with E-state index in [1.807, 2.05) is 19.4 Å². The van der Waals surface area contributed by atoms with Crippen molar-refractivity contribution in [3.63, 3.8) is 0 Å². The summed E-state index contributed by atoms with van der Waals surface area (Å²) in [7, 11) is 2.01. The second kappa shape index (κ2) is 7.90. The summed E-state index contributed by atoms with van der Waals surface area (Å²) in [6.45, 7) is 0. The first kappa shape index (κ1) is 20.9. The number of nitro groups is 3. The van der Waals surface area contributed by atoms with Gasteiger partial charge in [-0.2, -0.15) is 0 Å². The molecule has 13 heteroatoms. The van der Waals surface area contributed by atoms with Crippen molar-refractivity contribution in [1.29, 1.82) is 0 Å². The van der Waals surface area contributed by atoms with Crippen LogP contribution >= 0.6 is 0 Å². The first-order valence-electron chi connectivity index (χ1n) is 8.53. The average molecular weight is 426 g/mol. The highest BCUT2D eigenvalue weighted by Crippen LogP contribution is 2.36. The Bertz CT molecular complexity index is 1330. The van der Waals surface area contributed by atoms with Gasteiger partial charge in [0.2, 0.25) is 0 Å². The largest absolute Gasteiger partial charge is 0.863 e. The molecule has 4 rings (SSSR count). The molecular weight excluding hydrogens is 412 g/mol. The Morgan fingerprint density at radius 2 is 1.48 bits per heavy atom. The molecule has 0 spiro atoms. The molecule has 158 valence electrons. The van der Waals surface area contributed by atoms with Crippen molar-refractivity contribution < 1.29 is 24.4 Å². The van der Waals surface area contributed by atoms with Crippen LogP contribution in [0.5, 0.6) is 5.75 Å². The second-order valence-electron chi connectivity index (χ2n) is 6.37.